The van der Waals surface area contributed by atoms with Crippen molar-refractivity contribution < 1.29 is 9.21 Å². The van der Waals surface area contributed by atoms with Crippen LogP contribution in [-0.2, 0) is 6.54 Å². The third-order valence-electron chi connectivity index (χ3n) is 2.22. The molecule has 1 aromatic carbocycles. The monoisotopic (exact) mass is 232 g/mol. The molecule has 6 nitrogen and oxygen atoms in total. The molecule has 0 saturated heterocycles. The molecule has 0 spiro atoms. The highest BCUT2D eigenvalue weighted by molar-refractivity contribution is 5.93. The van der Waals surface area contributed by atoms with Crippen LogP contribution in [-0.4, -0.2) is 28.1 Å². The van der Waals surface area contributed by atoms with Crippen LogP contribution < -0.4 is 5.73 Å². The van der Waals surface area contributed by atoms with Crippen LogP contribution in [0.2, 0.25) is 0 Å². The number of hydrogen-bond acceptors (Lipinski definition) is 5. The Balaban J connectivity index is 2.06. The molecular formula is C11H12N4O2. The molecular weight excluding hydrogens is 220 g/mol. The largest absolute Gasteiger partial charge is 0.406 e. The van der Waals surface area contributed by atoms with Crippen LogP contribution in [0.25, 0.3) is 0 Å². The van der Waals surface area contributed by atoms with E-state index < -0.39 is 0 Å². The Morgan fingerprint density at radius 3 is 2.65 bits per heavy atom. The zero-order chi connectivity index (χ0) is 12.3. The van der Waals surface area contributed by atoms with Gasteiger partial charge in [0.05, 0.1) is 6.54 Å². The molecule has 0 aliphatic heterocycles. The average Bonchev–Trinajstić information content (AvgIpc) is 2.75. The summed E-state index contributed by atoms with van der Waals surface area (Å²) >= 11 is 0. The minimum absolute atomic E-state index is 0.000519. The van der Waals surface area contributed by atoms with E-state index in [-0.39, 0.29) is 18.5 Å². The molecule has 0 saturated carbocycles. The van der Waals surface area contributed by atoms with Crippen molar-refractivity contribution >= 4 is 11.9 Å². The van der Waals surface area contributed by atoms with Crippen molar-refractivity contribution in [3.8, 4) is 0 Å². The molecule has 1 aromatic heterocycles. The highest BCUT2D eigenvalue weighted by atomic mass is 16.4. The van der Waals surface area contributed by atoms with Crippen LogP contribution in [0, 0.1) is 0 Å². The summed E-state index contributed by atoms with van der Waals surface area (Å²) in [6, 6.07) is 8.98. The normalized spacial score (nSPS) is 10.2. The lowest BCUT2D eigenvalue weighted by molar-refractivity contribution is 0.0773. The Morgan fingerprint density at radius 2 is 2.06 bits per heavy atom. The van der Waals surface area contributed by atoms with E-state index in [2.05, 4.69) is 10.2 Å². The summed E-state index contributed by atoms with van der Waals surface area (Å²) in [5, 5.41) is 7.22. The van der Waals surface area contributed by atoms with Gasteiger partial charge in [-0.3, -0.25) is 4.79 Å². The van der Waals surface area contributed by atoms with Crippen LogP contribution in [0.5, 0.6) is 0 Å². The number of aromatic nitrogens is 2. The zero-order valence-corrected chi connectivity index (χ0v) is 9.33. The molecule has 0 bridgehead atoms. The molecule has 2 aromatic rings. The Labute approximate surface area is 98.0 Å². The maximum Gasteiger partial charge on any atom is 0.312 e. The van der Waals surface area contributed by atoms with E-state index in [0.29, 0.717) is 11.5 Å². The van der Waals surface area contributed by atoms with E-state index in [9.17, 15) is 4.79 Å². The molecule has 0 fully saturated rings. The van der Waals surface area contributed by atoms with E-state index in [0.717, 1.165) is 0 Å². The zero-order valence-electron chi connectivity index (χ0n) is 9.33. The molecule has 17 heavy (non-hydrogen) atoms. The predicted molar refractivity (Wildman–Crippen MR) is 60.9 cm³/mol. The van der Waals surface area contributed by atoms with Crippen molar-refractivity contribution in [3.05, 3.63) is 41.8 Å². The maximum atomic E-state index is 12.0. The van der Waals surface area contributed by atoms with Crippen molar-refractivity contribution in [2.24, 2.45) is 0 Å². The quantitative estimate of drug-likeness (QED) is 0.850. The van der Waals surface area contributed by atoms with Gasteiger partial charge >= 0.3 is 6.01 Å². The first-order valence-electron chi connectivity index (χ1n) is 5.05. The average molecular weight is 232 g/mol. The van der Waals surface area contributed by atoms with Crippen molar-refractivity contribution in [2.45, 2.75) is 6.54 Å². The van der Waals surface area contributed by atoms with Gasteiger partial charge in [-0.1, -0.05) is 23.3 Å². The number of carbonyl (C=O) groups is 1. The van der Waals surface area contributed by atoms with E-state index >= 15 is 0 Å². The van der Waals surface area contributed by atoms with Gasteiger partial charge in [-0.25, -0.2) is 0 Å². The number of nitrogens with two attached hydrogens (primary N) is 1. The number of nitrogens with zero attached hydrogens (tertiary/aromatic N) is 3. The van der Waals surface area contributed by atoms with E-state index in [1.165, 1.54) is 4.90 Å². The van der Waals surface area contributed by atoms with Gasteiger partial charge in [0, 0.05) is 12.6 Å². The fourth-order valence-electron chi connectivity index (χ4n) is 1.41. The SMILES string of the molecule is CN(Cc1nnc(N)o1)C(=O)c1ccccc1. The molecule has 2 N–H and O–H groups in total. The summed E-state index contributed by atoms with van der Waals surface area (Å²) in [5.74, 6) is 0.205. The molecule has 1 amide bonds. The highest BCUT2D eigenvalue weighted by Gasteiger charge is 2.14. The Morgan fingerprint density at radius 1 is 1.35 bits per heavy atom. The molecule has 0 aliphatic carbocycles. The first kappa shape index (κ1) is 11.1. The van der Waals surface area contributed by atoms with Gasteiger partial charge in [0.15, 0.2) is 0 Å². The Hall–Kier alpha value is -2.37. The molecule has 0 aliphatic rings. The molecule has 88 valence electrons. The van der Waals surface area contributed by atoms with Crippen molar-refractivity contribution in [1.82, 2.24) is 15.1 Å². The third kappa shape index (κ3) is 2.60. The van der Waals surface area contributed by atoms with Gasteiger partial charge < -0.3 is 15.1 Å². The first-order chi connectivity index (χ1) is 8.16. The maximum absolute atomic E-state index is 12.0. The summed E-state index contributed by atoms with van der Waals surface area (Å²) in [5.41, 5.74) is 5.91. The van der Waals surface area contributed by atoms with Gasteiger partial charge in [-0.15, -0.1) is 5.10 Å². The molecule has 0 unspecified atom stereocenters. The number of nitrogen functional groups attached to an aromatic ring is 1. The highest BCUT2D eigenvalue weighted by Crippen LogP contribution is 2.08. The van der Waals surface area contributed by atoms with Crippen molar-refractivity contribution in [2.75, 3.05) is 12.8 Å². The minimum Gasteiger partial charge on any atom is -0.406 e. The molecule has 1 heterocycles. The van der Waals surface area contributed by atoms with Crippen LogP contribution in [0.1, 0.15) is 16.2 Å². The van der Waals surface area contributed by atoms with Gasteiger partial charge in [0.1, 0.15) is 0 Å². The summed E-state index contributed by atoms with van der Waals surface area (Å²) in [6.45, 7) is 0.234. The summed E-state index contributed by atoms with van der Waals surface area (Å²) in [7, 11) is 1.66. The van der Waals surface area contributed by atoms with Gasteiger partial charge in [-0.05, 0) is 12.1 Å². The number of amides is 1. The smallest absolute Gasteiger partial charge is 0.312 e. The van der Waals surface area contributed by atoms with Crippen LogP contribution >= 0.6 is 0 Å². The lowest BCUT2D eigenvalue weighted by atomic mass is 10.2. The molecule has 6 heteroatoms. The number of anilines is 1. The summed E-state index contributed by atoms with van der Waals surface area (Å²) < 4.78 is 5.00. The first-order valence-corrected chi connectivity index (χ1v) is 5.05. The van der Waals surface area contributed by atoms with E-state index in [4.69, 9.17) is 10.2 Å². The summed E-state index contributed by atoms with van der Waals surface area (Å²) in [6.07, 6.45) is 0. The molecule has 0 radical (unpaired) electrons. The van der Waals surface area contributed by atoms with Gasteiger partial charge in [0.2, 0.25) is 5.89 Å². The number of benzene rings is 1. The second-order valence-electron chi connectivity index (χ2n) is 3.56. The third-order valence-corrected chi connectivity index (χ3v) is 2.22. The second kappa shape index (κ2) is 4.65. The fourth-order valence-corrected chi connectivity index (χ4v) is 1.41. The van der Waals surface area contributed by atoms with Crippen LogP contribution in [0.15, 0.2) is 34.7 Å². The second-order valence-corrected chi connectivity index (χ2v) is 3.56. The lowest BCUT2D eigenvalue weighted by Crippen LogP contribution is -2.26. The fraction of sp³-hybridized carbons (Fsp3) is 0.182. The van der Waals surface area contributed by atoms with Crippen LogP contribution in [0.4, 0.5) is 6.01 Å². The van der Waals surface area contributed by atoms with Gasteiger partial charge in [0.25, 0.3) is 5.91 Å². The standard InChI is InChI=1S/C11H12N4O2/c1-15(7-9-13-14-11(12)17-9)10(16)8-5-3-2-4-6-8/h2-6H,7H2,1H3,(H2,12,14). The summed E-state index contributed by atoms with van der Waals surface area (Å²) in [4.78, 5) is 13.4. The molecule has 2 rings (SSSR count). The number of carbonyl (C=O) groups excluding carboxylic acids is 1. The van der Waals surface area contributed by atoms with E-state index in [1.54, 1.807) is 19.2 Å². The van der Waals surface area contributed by atoms with Gasteiger partial charge in [-0.2, -0.15) is 0 Å². The Bertz CT molecular complexity index is 509. The molecule has 0 atom stereocenters. The van der Waals surface area contributed by atoms with Crippen LogP contribution in [0.3, 0.4) is 0 Å². The Kier molecular flexibility index (Phi) is 3.04. The number of rotatable bonds is 3. The van der Waals surface area contributed by atoms with E-state index in [1.807, 2.05) is 18.2 Å². The van der Waals surface area contributed by atoms with Crippen molar-refractivity contribution in [1.29, 1.82) is 0 Å². The number of hydrogen-bond donors (Lipinski definition) is 1. The van der Waals surface area contributed by atoms with Crippen molar-refractivity contribution in [3.63, 3.8) is 0 Å². The topological polar surface area (TPSA) is 85.2 Å². The predicted octanol–water partition coefficient (Wildman–Crippen LogP) is 0.924. The lowest BCUT2D eigenvalue weighted by Gasteiger charge is -2.14. The minimum atomic E-state index is -0.109.